The number of carbonyl (C=O) groups is 2. The molecule has 7 heteroatoms. The number of carbonyl (C=O) groups excluding carboxylic acids is 2. The maximum Gasteiger partial charge on any atom is 0.411 e. The van der Waals surface area contributed by atoms with Gasteiger partial charge in [0.1, 0.15) is 23.1 Å². The van der Waals surface area contributed by atoms with E-state index in [0.717, 1.165) is 17.0 Å². The second-order valence-electron chi connectivity index (χ2n) is 7.28. The van der Waals surface area contributed by atoms with Gasteiger partial charge in [-0.2, -0.15) is 0 Å². The van der Waals surface area contributed by atoms with Crippen LogP contribution in [0.2, 0.25) is 0 Å². The standard InChI is InChI=1S/C20H20F2N2O3/c1-20(2,3)27-19(26)23-12-13-8-4-5-9-14(13)17(23)18(25)24(22)16-11-7-6-10-15(16)21/h4-11,17H,12H2,1-3H3/t17-/m0/s1. The Labute approximate surface area is 156 Å². The molecule has 142 valence electrons. The van der Waals surface area contributed by atoms with Gasteiger partial charge < -0.3 is 4.74 Å². The zero-order chi connectivity index (χ0) is 19.8. The Bertz CT molecular complexity index is 880. The number of hydrogen-bond acceptors (Lipinski definition) is 3. The first-order chi connectivity index (χ1) is 12.7. The predicted octanol–water partition coefficient (Wildman–Crippen LogP) is 4.54. The molecule has 0 aromatic heterocycles. The summed E-state index contributed by atoms with van der Waals surface area (Å²) < 4.78 is 34.1. The van der Waals surface area contributed by atoms with Crippen molar-refractivity contribution in [3.8, 4) is 0 Å². The van der Waals surface area contributed by atoms with Crippen LogP contribution in [0.5, 0.6) is 0 Å². The fraction of sp³-hybridized carbons (Fsp3) is 0.300. The van der Waals surface area contributed by atoms with Gasteiger partial charge in [-0.1, -0.05) is 40.9 Å². The highest BCUT2D eigenvalue weighted by Gasteiger charge is 2.43. The average molecular weight is 374 g/mol. The lowest BCUT2D eigenvalue weighted by molar-refractivity contribution is -0.126. The summed E-state index contributed by atoms with van der Waals surface area (Å²) in [6, 6.07) is 10.7. The molecule has 0 radical (unpaired) electrons. The Kier molecular flexibility index (Phi) is 4.87. The van der Waals surface area contributed by atoms with Crippen LogP contribution in [-0.2, 0) is 16.1 Å². The maximum atomic E-state index is 14.8. The van der Waals surface area contributed by atoms with E-state index in [9.17, 15) is 18.5 Å². The number of hydrogen-bond donors (Lipinski definition) is 0. The third-order valence-corrected chi connectivity index (χ3v) is 4.12. The molecule has 1 aliphatic rings. The summed E-state index contributed by atoms with van der Waals surface area (Å²) in [5, 5.41) is -0.251. The van der Waals surface area contributed by atoms with Gasteiger partial charge >= 0.3 is 6.09 Å². The second-order valence-corrected chi connectivity index (χ2v) is 7.28. The molecule has 1 aliphatic heterocycles. The molecule has 0 saturated heterocycles. The summed E-state index contributed by atoms with van der Waals surface area (Å²) in [7, 11) is 0. The predicted molar refractivity (Wildman–Crippen MR) is 96.0 cm³/mol. The van der Waals surface area contributed by atoms with Crippen molar-refractivity contribution < 1.29 is 23.2 Å². The van der Waals surface area contributed by atoms with E-state index in [1.54, 1.807) is 45.0 Å². The second kappa shape index (κ2) is 6.98. The molecule has 27 heavy (non-hydrogen) atoms. The van der Waals surface area contributed by atoms with Gasteiger partial charge in [0.05, 0.1) is 6.54 Å². The largest absolute Gasteiger partial charge is 0.444 e. The Morgan fingerprint density at radius 1 is 1.11 bits per heavy atom. The molecule has 0 saturated carbocycles. The minimum Gasteiger partial charge on any atom is -0.444 e. The van der Waals surface area contributed by atoms with Gasteiger partial charge in [0, 0.05) is 0 Å². The monoisotopic (exact) mass is 374 g/mol. The lowest BCUT2D eigenvalue weighted by Crippen LogP contribution is -2.42. The molecule has 1 heterocycles. The first kappa shape index (κ1) is 18.8. The number of fused-ring (bicyclic) bond motifs is 1. The van der Waals surface area contributed by atoms with Crippen molar-refractivity contribution in [1.82, 2.24) is 4.90 Å². The van der Waals surface area contributed by atoms with E-state index < -0.39 is 35.1 Å². The molecule has 3 rings (SSSR count). The lowest BCUT2D eigenvalue weighted by atomic mass is 10.0. The zero-order valence-electron chi connectivity index (χ0n) is 15.3. The first-order valence-electron chi connectivity index (χ1n) is 8.51. The minimum absolute atomic E-state index is 0.104. The topological polar surface area (TPSA) is 49.9 Å². The van der Waals surface area contributed by atoms with Crippen LogP contribution in [0.3, 0.4) is 0 Å². The minimum atomic E-state index is -1.24. The van der Waals surface area contributed by atoms with Crippen molar-refractivity contribution in [2.24, 2.45) is 0 Å². The fourth-order valence-corrected chi connectivity index (χ4v) is 2.98. The van der Waals surface area contributed by atoms with Gasteiger partial charge in [0.25, 0.3) is 5.91 Å². The van der Waals surface area contributed by atoms with E-state index in [-0.39, 0.29) is 11.7 Å². The smallest absolute Gasteiger partial charge is 0.411 e. The molecule has 2 aromatic rings. The third kappa shape index (κ3) is 3.77. The van der Waals surface area contributed by atoms with Crippen LogP contribution in [0.1, 0.15) is 37.9 Å². The van der Waals surface area contributed by atoms with E-state index >= 15 is 0 Å². The van der Waals surface area contributed by atoms with E-state index in [1.807, 2.05) is 0 Å². The van der Waals surface area contributed by atoms with Crippen molar-refractivity contribution in [2.45, 2.75) is 39.0 Å². The quantitative estimate of drug-likeness (QED) is 0.726. The molecule has 0 unspecified atom stereocenters. The van der Waals surface area contributed by atoms with Crippen molar-refractivity contribution in [1.29, 1.82) is 0 Å². The first-order valence-corrected chi connectivity index (χ1v) is 8.51. The zero-order valence-corrected chi connectivity index (χ0v) is 15.3. The van der Waals surface area contributed by atoms with E-state index in [4.69, 9.17) is 4.74 Å². The van der Waals surface area contributed by atoms with Gasteiger partial charge in [-0.15, -0.1) is 5.12 Å². The van der Waals surface area contributed by atoms with E-state index in [2.05, 4.69) is 0 Å². The van der Waals surface area contributed by atoms with Crippen molar-refractivity contribution in [3.63, 3.8) is 0 Å². The van der Waals surface area contributed by atoms with Crippen molar-refractivity contribution in [2.75, 3.05) is 5.12 Å². The van der Waals surface area contributed by atoms with Gasteiger partial charge in [-0.05, 0) is 44.0 Å². The number of para-hydroxylation sites is 1. The SMILES string of the molecule is CC(C)(C)OC(=O)N1Cc2ccccc2[C@H]1C(=O)N(F)c1ccccc1F. The molecule has 0 bridgehead atoms. The van der Waals surface area contributed by atoms with E-state index in [0.29, 0.717) is 11.1 Å². The van der Waals surface area contributed by atoms with Crippen LogP contribution in [0.4, 0.5) is 19.4 Å². The van der Waals surface area contributed by atoms with Gasteiger partial charge in [-0.3, -0.25) is 9.69 Å². The number of anilines is 1. The fourth-order valence-electron chi connectivity index (χ4n) is 2.98. The molecule has 0 N–H and O–H groups in total. The number of benzene rings is 2. The summed E-state index contributed by atoms with van der Waals surface area (Å²) in [6.07, 6.45) is -0.737. The summed E-state index contributed by atoms with van der Waals surface area (Å²) in [6.45, 7) is 5.20. The summed E-state index contributed by atoms with van der Waals surface area (Å²) in [5.74, 6) is -1.93. The van der Waals surface area contributed by atoms with Crippen LogP contribution in [0, 0.1) is 5.82 Å². The van der Waals surface area contributed by atoms with Crippen LogP contribution in [-0.4, -0.2) is 22.5 Å². The third-order valence-electron chi connectivity index (χ3n) is 4.12. The van der Waals surface area contributed by atoms with Crippen LogP contribution in [0.15, 0.2) is 48.5 Å². The Balaban J connectivity index is 1.96. The van der Waals surface area contributed by atoms with Crippen molar-refractivity contribution >= 4 is 17.7 Å². The maximum absolute atomic E-state index is 14.8. The highest BCUT2D eigenvalue weighted by atomic mass is 19.2. The lowest BCUT2D eigenvalue weighted by Gasteiger charge is -2.29. The normalized spacial score (nSPS) is 16.0. The summed E-state index contributed by atoms with van der Waals surface area (Å²) in [5.41, 5.74) is -0.0764. The molecule has 0 aliphatic carbocycles. The highest BCUT2D eigenvalue weighted by molar-refractivity contribution is 5.98. The number of amides is 2. The number of rotatable bonds is 2. The van der Waals surface area contributed by atoms with E-state index in [1.165, 1.54) is 12.1 Å². The van der Waals surface area contributed by atoms with Crippen LogP contribution in [0.25, 0.3) is 0 Å². The molecule has 2 amide bonds. The molecule has 1 atom stereocenters. The van der Waals surface area contributed by atoms with Crippen LogP contribution >= 0.6 is 0 Å². The van der Waals surface area contributed by atoms with Crippen LogP contribution < -0.4 is 5.12 Å². The van der Waals surface area contributed by atoms with Crippen molar-refractivity contribution in [3.05, 3.63) is 65.5 Å². The summed E-state index contributed by atoms with van der Waals surface area (Å²) >= 11 is 0. The number of ether oxygens (including phenoxy) is 1. The van der Waals surface area contributed by atoms with Gasteiger partial charge in [-0.25, -0.2) is 9.18 Å². The van der Waals surface area contributed by atoms with Gasteiger partial charge in [0.2, 0.25) is 0 Å². The number of halogens is 2. The van der Waals surface area contributed by atoms with Gasteiger partial charge in [0.15, 0.2) is 0 Å². The molecule has 0 spiro atoms. The Morgan fingerprint density at radius 2 is 1.74 bits per heavy atom. The Hall–Kier alpha value is -2.96. The molecular weight excluding hydrogens is 354 g/mol. The molecular formula is C20H20F2N2O3. The molecule has 5 nitrogen and oxygen atoms in total. The number of nitrogens with zero attached hydrogens (tertiary/aromatic N) is 2. The molecule has 0 fully saturated rings. The summed E-state index contributed by atoms with van der Waals surface area (Å²) in [4.78, 5) is 26.6. The molecule has 2 aromatic carbocycles. The highest BCUT2D eigenvalue weighted by Crippen LogP contribution is 2.37. The Morgan fingerprint density at radius 3 is 2.41 bits per heavy atom. The average Bonchev–Trinajstić information content (AvgIpc) is 2.99.